The van der Waals surface area contributed by atoms with Gasteiger partial charge in [-0.25, -0.2) is 8.78 Å². The van der Waals surface area contributed by atoms with Gasteiger partial charge < -0.3 is 5.32 Å². The van der Waals surface area contributed by atoms with Crippen LogP contribution in [0, 0.1) is 11.6 Å². The van der Waals surface area contributed by atoms with E-state index in [1.807, 2.05) is 0 Å². The Morgan fingerprint density at radius 2 is 2.11 bits per heavy atom. The molecule has 1 aliphatic heterocycles. The number of hydrogen-bond donors (Lipinski definition) is 1. The third-order valence-corrected chi connectivity index (χ3v) is 4.15. The van der Waals surface area contributed by atoms with Crippen molar-refractivity contribution in [3.63, 3.8) is 0 Å². The first-order chi connectivity index (χ1) is 8.93. The second-order valence-corrected chi connectivity index (χ2v) is 5.80. The Balaban J connectivity index is 2.10. The zero-order chi connectivity index (χ0) is 14.0. The van der Waals surface area contributed by atoms with Crippen LogP contribution in [0.15, 0.2) is 18.2 Å². The van der Waals surface area contributed by atoms with E-state index in [0.29, 0.717) is 12.6 Å². The molecule has 1 fully saturated rings. The Bertz CT molecular complexity index is 450. The maximum Gasteiger partial charge on any atom is 0.159 e. The van der Waals surface area contributed by atoms with Gasteiger partial charge in [0.2, 0.25) is 0 Å². The molecule has 0 spiro atoms. The van der Waals surface area contributed by atoms with Crippen molar-refractivity contribution in [3.05, 3.63) is 35.4 Å². The maximum atomic E-state index is 13.2. The molecular formula is C15H22F2N2. The van der Waals surface area contributed by atoms with Crippen molar-refractivity contribution in [3.8, 4) is 0 Å². The summed E-state index contributed by atoms with van der Waals surface area (Å²) in [7, 11) is 0. The van der Waals surface area contributed by atoms with Crippen molar-refractivity contribution in [2.45, 2.75) is 45.3 Å². The first kappa shape index (κ1) is 14.4. The highest BCUT2D eigenvalue weighted by molar-refractivity contribution is 5.18. The molecule has 2 rings (SSSR count). The molecular weight excluding hydrogens is 246 g/mol. The average Bonchev–Trinajstić information content (AvgIpc) is 2.39. The highest BCUT2D eigenvalue weighted by atomic mass is 19.2. The van der Waals surface area contributed by atoms with E-state index in [1.165, 1.54) is 12.1 Å². The fourth-order valence-electron chi connectivity index (χ4n) is 2.50. The molecule has 2 unspecified atom stereocenters. The minimum atomic E-state index is -0.782. The predicted molar refractivity (Wildman–Crippen MR) is 72.9 cm³/mol. The molecule has 1 aromatic rings. The highest BCUT2D eigenvalue weighted by Gasteiger charge is 2.32. The summed E-state index contributed by atoms with van der Waals surface area (Å²) in [5.74, 6) is -1.55. The molecule has 0 aromatic heterocycles. The summed E-state index contributed by atoms with van der Waals surface area (Å²) in [6, 6.07) is 4.56. The lowest BCUT2D eigenvalue weighted by Crippen LogP contribution is -2.61. The van der Waals surface area contributed by atoms with Crippen LogP contribution in [0.3, 0.4) is 0 Å². The standard InChI is InChI=1S/C15H22F2N2/c1-4-15(3)10-19(11(2)8-18-15)9-12-5-6-13(16)14(17)7-12/h5-7,11,18H,4,8-10H2,1-3H3. The van der Waals surface area contributed by atoms with Gasteiger partial charge in [0.05, 0.1) is 0 Å². The minimum absolute atomic E-state index is 0.102. The van der Waals surface area contributed by atoms with Gasteiger partial charge in [-0.15, -0.1) is 0 Å². The summed E-state index contributed by atoms with van der Waals surface area (Å²) < 4.78 is 26.2. The molecule has 0 amide bonds. The topological polar surface area (TPSA) is 15.3 Å². The highest BCUT2D eigenvalue weighted by Crippen LogP contribution is 2.21. The summed E-state index contributed by atoms with van der Waals surface area (Å²) in [6.45, 7) is 9.03. The predicted octanol–water partition coefficient (Wildman–Crippen LogP) is 2.93. The Labute approximate surface area is 113 Å². The fraction of sp³-hybridized carbons (Fsp3) is 0.600. The van der Waals surface area contributed by atoms with Gasteiger partial charge in [0.1, 0.15) is 0 Å². The molecule has 1 aromatic carbocycles. The summed E-state index contributed by atoms with van der Waals surface area (Å²) in [5.41, 5.74) is 0.927. The molecule has 4 heteroatoms. The Morgan fingerprint density at radius 1 is 1.37 bits per heavy atom. The zero-order valence-corrected chi connectivity index (χ0v) is 11.8. The molecule has 1 aliphatic rings. The van der Waals surface area contributed by atoms with Gasteiger partial charge in [-0.1, -0.05) is 13.0 Å². The van der Waals surface area contributed by atoms with Gasteiger partial charge in [0, 0.05) is 31.2 Å². The van der Waals surface area contributed by atoms with Gasteiger partial charge in [0.15, 0.2) is 11.6 Å². The molecule has 0 saturated carbocycles. The van der Waals surface area contributed by atoms with E-state index in [2.05, 4.69) is 31.0 Å². The summed E-state index contributed by atoms with van der Waals surface area (Å²) in [4.78, 5) is 2.33. The number of nitrogens with zero attached hydrogens (tertiary/aromatic N) is 1. The quantitative estimate of drug-likeness (QED) is 0.906. The number of benzene rings is 1. The van der Waals surface area contributed by atoms with E-state index in [1.54, 1.807) is 6.07 Å². The number of halogens is 2. The van der Waals surface area contributed by atoms with Crippen LogP contribution in [-0.4, -0.2) is 29.6 Å². The SMILES string of the molecule is CCC1(C)CN(Cc2ccc(F)c(F)c2)C(C)CN1. The molecule has 19 heavy (non-hydrogen) atoms. The first-order valence-corrected chi connectivity index (χ1v) is 6.86. The average molecular weight is 268 g/mol. The van der Waals surface area contributed by atoms with E-state index < -0.39 is 11.6 Å². The van der Waals surface area contributed by atoms with E-state index in [0.717, 1.165) is 25.1 Å². The number of rotatable bonds is 3. The monoisotopic (exact) mass is 268 g/mol. The Hall–Kier alpha value is -1.00. The molecule has 1 heterocycles. The second kappa shape index (κ2) is 5.55. The number of piperazine rings is 1. The third kappa shape index (κ3) is 3.31. The van der Waals surface area contributed by atoms with Crippen LogP contribution in [0.25, 0.3) is 0 Å². The van der Waals surface area contributed by atoms with E-state index in [4.69, 9.17) is 0 Å². The Kier molecular flexibility index (Phi) is 4.21. The first-order valence-electron chi connectivity index (χ1n) is 6.86. The van der Waals surface area contributed by atoms with E-state index in [9.17, 15) is 8.78 Å². The molecule has 0 radical (unpaired) electrons. The molecule has 0 aliphatic carbocycles. The van der Waals surface area contributed by atoms with Crippen LogP contribution in [0.4, 0.5) is 8.78 Å². The maximum absolute atomic E-state index is 13.2. The van der Waals surface area contributed by atoms with Crippen molar-refractivity contribution in [1.82, 2.24) is 10.2 Å². The van der Waals surface area contributed by atoms with Crippen LogP contribution in [0.5, 0.6) is 0 Å². The largest absolute Gasteiger partial charge is 0.309 e. The summed E-state index contributed by atoms with van der Waals surface area (Å²) in [5, 5.41) is 3.56. The van der Waals surface area contributed by atoms with Crippen molar-refractivity contribution in [2.24, 2.45) is 0 Å². The number of nitrogens with one attached hydrogen (secondary N) is 1. The van der Waals surface area contributed by atoms with Gasteiger partial charge in [-0.2, -0.15) is 0 Å². The normalized spacial score (nSPS) is 28.6. The smallest absolute Gasteiger partial charge is 0.159 e. The van der Waals surface area contributed by atoms with E-state index in [-0.39, 0.29) is 5.54 Å². The molecule has 1 N–H and O–H groups in total. The van der Waals surface area contributed by atoms with Crippen LogP contribution >= 0.6 is 0 Å². The summed E-state index contributed by atoms with van der Waals surface area (Å²) in [6.07, 6.45) is 1.05. The number of hydrogen-bond acceptors (Lipinski definition) is 2. The minimum Gasteiger partial charge on any atom is -0.309 e. The lowest BCUT2D eigenvalue weighted by molar-refractivity contribution is 0.0865. The Morgan fingerprint density at radius 3 is 2.74 bits per heavy atom. The van der Waals surface area contributed by atoms with Gasteiger partial charge in [-0.3, -0.25) is 4.90 Å². The van der Waals surface area contributed by atoms with Gasteiger partial charge in [0.25, 0.3) is 0 Å². The summed E-state index contributed by atoms with van der Waals surface area (Å²) >= 11 is 0. The molecule has 106 valence electrons. The van der Waals surface area contributed by atoms with Crippen molar-refractivity contribution in [1.29, 1.82) is 0 Å². The molecule has 2 nitrogen and oxygen atoms in total. The lowest BCUT2D eigenvalue weighted by atomic mass is 9.93. The zero-order valence-electron chi connectivity index (χ0n) is 11.8. The van der Waals surface area contributed by atoms with E-state index >= 15 is 0 Å². The van der Waals surface area contributed by atoms with Crippen LogP contribution < -0.4 is 5.32 Å². The van der Waals surface area contributed by atoms with Crippen molar-refractivity contribution in [2.75, 3.05) is 13.1 Å². The second-order valence-electron chi connectivity index (χ2n) is 5.80. The molecule has 1 saturated heterocycles. The van der Waals surface area contributed by atoms with Crippen LogP contribution in [0.1, 0.15) is 32.8 Å². The fourth-order valence-corrected chi connectivity index (χ4v) is 2.50. The third-order valence-electron chi connectivity index (χ3n) is 4.15. The van der Waals surface area contributed by atoms with Crippen LogP contribution in [-0.2, 0) is 6.54 Å². The van der Waals surface area contributed by atoms with Gasteiger partial charge >= 0.3 is 0 Å². The van der Waals surface area contributed by atoms with Crippen molar-refractivity contribution < 1.29 is 8.78 Å². The molecule has 0 bridgehead atoms. The van der Waals surface area contributed by atoms with Crippen LogP contribution in [0.2, 0.25) is 0 Å². The lowest BCUT2D eigenvalue weighted by Gasteiger charge is -2.45. The van der Waals surface area contributed by atoms with Gasteiger partial charge in [-0.05, 0) is 38.0 Å². The van der Waals surface area contributed by atoms with Crippen molar-refractivity contribution >= 4 is 0 Å². The molecule has 2 atom stereocenters.